The van der Waals surface area contributed by atoms with Crippen LogP contribution >= 0.6 is 7.37 Å². The van der Waals surface area contributed by atoms with Gasteiger partial charge in [0.05, 0.1) is 12.5 Å². The predicted molar refractivity (Wildman–Crippen MR) is 74.0 cm³/mol. The second kappa shape index (κ2) is 6.57. The summed E-state index contributed by atoms with van der Waals surface area (Å²) in [6, 6.07) is 3.26. The summed E-state index contributed by atoms with van der Waals surface area (Å²) in [6.45, 7) is 1.52. The first-order valence-electron chi connectivity index (χ1n) is 6.78. The van der Waals surface area contributed by atoms with E-state index in [9.17, 15) is 19.4 Å². The number of carbonyl (C=O) groups is 1. The van der Waals surface area contributed by atoms with E-state index in [0.717, 1.165) is 32.4 Å². The van der Waals surface area contributed by atoms with Gasteiger partial charge in [-0.05, 0) is 38.1 Å². The molecule has 0 amide bonds. The van der Waals surface area contributed by atoms with Gasteiger partial charge in [-0.1, -0.05) is 6.42 Å². The lowest BCUT2D eigenvalue weighted by molar-refractivity contribution is -0.136. The maximum Gasteiger partial charge on any atom is 0.316 e. The van der Waals surface area contributed by atoms with Crippen LogP contribution in [0.4, 0.5) is 0 Å². The van der Waals surface area contributed by atoms with Crippen molar-refractivity contribution in [2.24, 2.45) is 0 Å². The van der Waals surface area contributed by atoms with Crippen molar-refractivity contribution < 1.29 is 23.8 Å². The summed E-state index contributed by atoms with van der Waals surface area (Å²) in [5.41, 5.74) is -1.31. The Balaban J connectivity index is 2.05. The number of carboxylic acid groups (broad SMARTS) is 1. The highest BCUT2D eigenvalue weighted by atomic mass is 31.2. The first-order valence-corrected chi connectivity index (χ1v) is 8.69. The summed E-state index contributed by atoms with van der Waals surface area (Å²) in [7, 11) is -3.80. The Morgan fingerprint density at radius 3 is 2.65 bits per heavy atom. The Morgan fingerprint density at radius 1 is 1.40 bits per heavy atom. The average Bonchev–Trinajstić information content (AvgIpc) is 2.89. The molecule has 2 rings (SSSR count). The van der Waals surface area contributed by atoms with Crippen molar-refractivity contribution in [3.63, 3.8) is 0 Å². The minimum Gasteiger partial charge on any atom is -0.481 e. The second-order valence-corrected chi connectivity index (χ2v) is 7.63. The molecular weight excluding hydrogens is 281 g/mol. The topological polar surface area (TPSA) is 91.0 Å². The van der Waals surface area contributed by atoms with Crippen LogP contribution < -0.4 is 0 Å². The van der Waals surface area contributed by atoms with Crippen molar-refractivity contribution in [3.8, 4) is 0 Å². The molecule has 1 fully saturated rings. The van der Waals surface area contributed by atoms with E-state index in [1.54, 1.807) is 12.1 Å². The molecule has 0 spiro atoms. The number of hydrogen-bond acceptors (Lipinski definition) is 4. The second-order valence-electron chi connectivity index (χ2n) is 5.21. The third kappa shape index (κ3) is 3.95. The normalized spacial score (nSPS) is 21.2. The Labute approximate surface area is 117 Å². The minimum absolute atomic E-state index is 0.0509. The quantitative estimate of drug-likeness (QED) is 0.781. The van der Waals surface area contributed by atoms with Crippen LogP contribution in [0.3, 0.4) is 0 Å². The lowest BCUT2D eigenvalue weighted by atomic mass is 10.1. The maximum atomic E-state index is 12.4. The average molecular weight is 301 g/mol. The number of nitrogens with zero attached hydrogens (tertiary/aromatic N) is 1. The molecule has 0 bridgehead atoms. The molecule has 0 aliphatic carbocycles. The molecule has 1 aliphatic rings. The first-order chi connectivity index (χ1) is 9.49. The molecule has 20 heavy (non-hydrogen) atoms. The largest absolute Gasteiger partial charge is 0.481 e. The third-order valence-electron chi connectivity index (χ3n) is 3.60. The van der Waals surface area contributed by atoms with Crippen molar-refractivity contribution in [1.29, 1.82) is 0 Å². The van der Waals surface area contributed by atoms with Gasteiger partial charge in [-0.25, -0.2) is 0 Å². The zero-order chi connectivity index (χ0) is 14.6. The van der Waals surface area contributed by atoms with E-state index in [-0.39, 0.29) is 12.7 Å². The molecule has 1 aromatic rings. The lowest BCUT2D eigenvalue weighted by Crippen LogP contribution is -2.34. The fraction of sp³-hybridized carbons (Fsp3) is 0.615. The van der Waals surface area contributed by atoms with E-state index in [4.69, 9.17) is 4.42 Å². The van der Waals surface area contributed by atoms with Crippen LogP contribution in [-0.2, 0) is 15.8 Å². The molecule has 0 saturated carbocycles. The summed E-state index contributed by atoms with van der Waals surface area (Å²) in [4.78, 5) is 23.4. The van der Waals surface area contributed by atoms with Gasteiger partial charge in [0.1, 0.15) is 11.4 Å². The molecule has 0 aromatic carbocycles. The van der Waals surface area contributed by atoms with E-state index in [1.165, 1.54) is 6.26 Å². The number of furan rings is 1. The van der Waals surface area contributed by atoms with Crippen molar-refractivity contribution in [2.45, 2.75) is 31.3 Å². The smallest absolute Gasteiger partial charge is 0.316 e. The Bertz CT molecular complexity index is 481. The zero-order valence-electron chi connectivity index (χ0n) is 11.3. The van der Waals surface area contributed by atoms with Crippen LogP contribution in [-0.4, -0.2) is 45.9 Å². The van der Waals surface area contributed by atoms with Crippen LogP contribution in [0.25, 0.3) is 0 Å². The van der Waals surface area contributed by atoms with E-state index >= 15 is 0 Å². The number of hydrogen-bond donors (Lipinski definition) is 2. The van der Waals surface area contributed by atoms with Gasteiger partial charge in [0.15, 0.2) is 0 Å². The Kier molecular flexibility index (Phi) is 5.02. The summed E-state index contributed by atoms with van der Waals surface area (Å²) in [5, 5.41) is 9.24. The molecule has 112 valence electrons. The molecule has 7 heteroatoms. The van der Waals surface area contributed by atoms with Gasteiger partial charge in [-0.2, -0.15) is 0 Å². The highest BCUT2D eigenvalue weighted by Gasteiger charge is 2.39. The van der Waals surface area contributed by atoms with E-state index in [0.29, 0.717) is 5.76 Å². The highest BCUT2D eigenvalue weighted by Crippen LogP contribution is 2.48. The third-order valence-corrected chi connectivity index (χ3v) is 5.78. The standard InChI is InChI=1S/C13H20NO5P/c15-13(16)12(9-11-5-4-8-19-11)20(17,18)10-14-6-2-1-3-7-14/h4-5,8,12H,1-3,6-7,9-10H2,(H,15,16)(H,17,18). The number of carboxylic acids is 1. The summed E-state index contributed by atoms with van der Waals surface area (Å²) < 4.78 is 17.5. The monoisotopic (exact) mass is 301 g/mol. The fourth-order valence-electron chi connectivity index (χ4n) is 2.51. The van der Waals surface area contributed by atoms with Gasteiger partial charge in [0.25, 0.3) is 0 Å². The molecule has 1 aliphatic heterocycles. The van der Waals surface area contributed by atoms with Crippen LogP contribution in [0.15, 0.2) is 22.8 Å². The van der Waals surface area contributed by atoms with Crippen LogP contribution in [0.1, 0.15) is 25.0 Å². The van der Waals surface area contributed by atoms with Crippen molar-refractivity contribution in [2.75, 3.05) is 19.4 Å². The van der Waals surface area contributed by atoms with Crippen LogP contribution in [0.2, 0.25) is 0 Å². The molecular formula is C13H20NO5P. The molecule has 0 radical (unpaired) electrons. The molecule has 2 unspecified atom stereocenters. The molecule has 1 saturated heterocycles. The van der Waals surface area contributed by atoms with Crippen LogP contribution in [0.5, 0.6) is 0 Å². The van der Waals surface area contributed by atoms with Crippen LogP contribution in [0, 0.1) is 0 Å². The van der Waals surface area contributed by atoms with Crippen molar-refractivity contribution >= 4 is 13.3 Å². The predicted octanol–water partition coefficient (Wildman–Crippen LogP) is 1.99. The molecule has 1 aromatic heterocycles. The SMILES string of the molecule is O=C(O)C(Cc1ccco1)P(=O)(O)CN1CCCCC1. The molecule has 2 N–H and O–H groups in total. The van der Waals surface area contributed by atoms with E-state index in [1.807, 2.05) is 4.90 Å². The van der Waals surface area contributed by atoms with E-state index in [2.05, 4.69) is 0 Å². The first kappa shape index (κ1) is 15.3. The van der Waals surface area contributed by atoms with Gasteiger partial charge in [0, 0.05) is 6.42 Å². The minimum atomic E-state index is -3.80. The van der Waals surface area contributed by atoms with Crippen molar-refractivity contribution in [3.05, 3.63) is 24.2 Å². The van der Waals surface area contributed by atoms with Gasteiger partial charge < -0.3 is 14.4 Å². The summed E-state index contributed by atoms with van der Waals surface area (Å²) >= 11 is 0. The van der Waals surface area contributed by atoms with Gasteiger partial charge >= 0.3 is 5.97 Å². The van der Waals surface area contributed by atoms with Gasteiger partial charge in [-0.15, -0.1) is 0 Å². The molecule has 2 atom stereocenters. The molecule has 2 heterocycles. The Morgan fingerprint density at radius 2 is 2.10 bits per heavy atom. The zero-order valence-corrected chi connectivity index (χ0v) is 12.2. The summed E-state index contributed by atoms with van der Waals surface area (Å²) in [6.07, 6.45) is 4.45. The fourth-order valence-corrected chi connectivity index (χ4v) is 4.37. The van der Waals surface area contributed by atoms with Gasteiger partial charge in [0.2, 0.25) is 7.37 Å². The highest BCUT2D eigenvalue weighted by molar-refractivity contribution is 7.59. The number of likely N-dealkylation sites (tertiary alicyclic amines) is 1. The maximum absolute atomic E-state index is 12.4. The summed E-state index contributed by atoms with van der Waals surface area (Å²) in [5.74, 6) is -0.824. The molecule has 6 nitrogen and oxygen atoms in total. The van der Waals surface area contributed by atoms with Crippen molar-refractivity contribution in [1.82, 2.24) is 4.90 Å². The number of rotatable bonds is 6. The van der Waals surface area contributed by atoms with Gasteiger partial charge in [-0.3, -0.25) is 14.3 Å². The number of piperidine rings is 1. The lowest BCUT2D eigenvalue weighted by Gasteiger charge is -2.30. The number of aliphatic carboxylic acids is 1. The Hall–Kier alpha value is -1.10. The van der Waals surface area contributed by atoms with E-state index < -0.39 is 19.0 Å².